The quantitative estimate of drug-likeness (QED) is 0.813. The van der Waals surface area contributed by atoms with Gasteiger partial charge in [0.05, 0.1) is 11.5 Å². The van der Waals surface area contributed by atoms with Gasteiger partial charge in [0.15, 0.2) is 9.84 Å². The predicted molar refractivity (Wildman–Crippen MR) is 67.0 cm³/mol. The van der Waals surface area contributed by atoms with Crippen LogP contribution < -0.4 is 10.1 Å². The lowest BCUT2D eigenvalue weighted by Crippen LogP contribution is -2.33. The summed E-state index contributed by atoms with van der Waals surface area (Å²) >= 11 is 0. The van der Waals surface area contributed by atoms with Crippen LogP contribution in [-0.2, 0) is 9.84 Å². The maximum absolute atomic E-state index is 12.6. The van der Waals surface area contributed by atoms with Crippen LogP contribution in [0.1, 0.15) is 6.42 Å². The highest BCUT2D eigenvalue weighted by Crippen LogP contribution is 2.12. The minimum Gasteiger partial charge on any atom is -0.492 e. The lowest BCUT2D eigenvalue weighted by molar-refractivity contribution is 0.307. The first kappa shape index (κ1) is 13.3. The van der Waals surface area contributed by atoms with Crippen LogP contribution in [0.15, 0.2) is 24.3 Å². The van der Waals surface area contributed by atoms with Gasteiger partial charge in [-0.05, 0) is 30.7 Å². The first-order valence-electron chi connectivity index (χ1n) is 5.87. The van der Waals surface area contributed by atoms with Gasteiger partial charge in [-0.1, -0.05) is 0 Å². The van der Waals surface area contributed by atoms with Crippen LogP contribution in [0.25, 0.3) is 0 Å². The molecule has 1 unspecified atom stereocenters. The molecule has 4 nitrogen and oxygen atoms in total. The van der Waals surface area contributed by atoms with E-state index in [1.54, 1.807) is 12.1 Å². The number of hydrogen-bond donors (Lipinski definition) is 1. The molecule has 1 atom stereocenters. The molecular formula is C12H16FNO3S. The maximum Gasteiger partial charge on any atom is 0.151 e. The Kier molecular flexibility index (Phi) is 4.19. The molecule has 0 radical (unpaired) electrons. The lowest BCUT2D eigenvalue weighted by Gasteiger charge is -2.11. The van der Waals surface area contributed by atoms with E-state index in [1.165, 1.54) is 12.1 Å². The Bertz CT molecular complexity index is 487. The zero-order valence-corrected chi connectivity index (χ0v) is 10.7. The normalized spacial score (nSPS) is 21.9. The second-order valence-corrected chi connectivity index (χ2v) is 6.59. The fourth-order valence-electron chi connectivity index (χ4n) is 1.92. The molecule has 0 aromatic heterocycles. The summed E-state index contributed by atoms with van der Waals surface area (Å²) in [5, 5.41) is 3.14. The molecule has 0 amide bonds. The van der Waals surface area contributed by atoms with Crippen molar-refractivity contribution < 1.29 is 17.5 Å². The van der Waals surface area contributed by atoms with Crippen molar-refractivity contribution in [3.8, 4) is 5.75 Å². The number of ether oxygens (including phenoxy) is 1. The molecule has 0 aliphatic carbocycles. The molecule has 0 bridgehead atoms. The molecule has 100 valence electrons. The van der Waals surface area contributed by atoms with E-state index in [4.69, 9.17) is 4.74 Å². The topological polar surface area (TPSA) is 55.4 Å². The van der Waals surface area contributed by atoms with Crippen molar-refractivity contribution in [2.75, 3.05) is 24.7 Å². The second-order valence-electron chi connectivity index (χ2n) is 4.36. The summed E-state index contributed by atoms with van der Waals surface area (Å²) in [5.41, 5.74) is 0. The molecule has 1 saturated heterocycles. The standard InChI is InChI=1S/C12H16FNO3S/c13-10-1-3-12(4-2-10)17-7-6-14-11-5-8-18(15,16)9-11/h1-4,11,14H,5-9H2. The zero-order chi connectivity index (χ0) is 13.0. The lowest BCUT2D eigenvalue weighted by atomic mass is 10.3. The van der Waals surface area contributed by atoms with E-state index in [0.717, 1.165) is 0 Å². The molecule has 0 saturated carbocycles. The van der Waals surface area contributed by atoms with Crippen molar-refractivity contribution in [1.82, 2.24) is 5.32 Å². The van der Waals surface area contributed by atoms with E-state index in [1.807, 2.05) is 0 Å². The van der Waals surface area contributed by atoms with Crippen LogP contribution in [0, 0.1) is 5.82 Å². The molecule has 1 aliphatic rings. The Morgan fingerprint density at radius 1 is 1.33 bits per heavy atom. The van der Waals surface area contributed by atoms with Crippen molar-refractivity contribution in [2.24, 2.45) is 0 Å². The first-order valence-corrected chi connectivity index (χ1v) is 7.69. The summed E-state index contributed by atoms with van der Waals surface area (Å²) in [7, 11) is -2.83. The van der Waals surface area contributed by atoms with Crippen molar-refractivity contribution in [3.05, 3.63) is 30.1 Å². The number of nitrogens with one attached hydrogen (secondary N) is 1. The summed E-state index contributed by atoms with van der Waals surface area (Å²) in [4.78, 5) is 0. The minimum absolute atomic E-state index is 0.0341. The molecule has 6 heteroatoms. The second kappa shape index (κ2) is 5.67. The van der Waals surface area contributed by atoms with Gasteiger partial charge in [0, 0.05) is 12.6 Å². The summed E-state index contributed by atoms with van der Waals surface area (Å²) in [6.45, 7) is 1.01. The fourth-order valence-corrected chi connectivity index (χ4v) is 3.63. The predicted octanol–water partition coefficient (Wildman–Crippen LogP) is 0.981. The van der Waals surface area contributed by atoms with E-state index in [-0.39, 0.29) is 23.4 Å². The molecule has 1 aromatic rings. The van der Waals surface area contributed by atoms with Crippen molar-refractivity contribution >= 4 is 9.84 Å². The third-order valence-corrected chi connectivity index (χ3v) is 4.62. The van der Waals surface area contributed by atoms with E-state index < -0.39 is 9.84 Å². The highest BCUT2D eigenvalue weighted by Gasteiger charge is 2.26. The average Bonchev–Trinajstić information content (AvgIpc) is 2.67. The third kappa shape index (κ3) is 3.96. The Morgan fingerprint density at radius 3 is 2.67 bits per heavy atom. The van der Waals surface area contributed by atoms with Crippen molar-refractivity contribution in [2.45, 2.75) is 12.5 Å². The Balaban J connectivity index is 1.66. The molecule has 1 aromatic carbocycles. The van der Waals surface area contributed by atoms with Gasteiger partial charge in [-0.3, -0.25) is 0 Å². The number of sulfone groups is 1. The monoisotopic (exact) mass is 273 g/mol. The summed E-state index contributed by atoms with van der Waals surface area (Å²) in [5.74, 6) is 0.793. The van der Waals surface area contributed by atoms with E-state index >= 15 is 0 Å². The molecule has 18 heavy (non-hydrogen) atoms. The summed E-state index contributed by atoms with van der Waals surface area (Å²) in [6, 6.07) is 5.84. The number of hydrogen-bond acceptors (Lipinski definition) is 4. The third-order valence-electron chi connectivity index (χ3n) is 2.85. The van der Waals surface area contributed by atoms with Gasteiger partial charge in [-0.2, -0.15) is 0 Å². The molecular weight excluding hydrogens is 257 g/mol. The molecule has 1 aliphatic heterocycles. The Labute approximate surface area is 106 Å². The summed E-state index contributed by atoms with van der Waals surface area (Å²) in [6.07, 6.45) is 0.666. The number of benzene rings is 1. The van der Waals surface area contributed by atoms with E-state index in [0.29, 0.717) is 25.3 Å². The van der Waals surface area contributed by atoms with Gasteiger partial charge in [-0.25, -0.2) is 12.8 Å². The van der Waals surface area contributed by atoms with Crippen LogP contribution in [0.2, 0.25) is 0 Å². The summed E-state index contributed by atoms with van der Waals surface area (Å²) < 4.78 is 40.5. The molecule has 1 N–H and O–H groups in total. The molecule has 1 heterocycles. The van der Waals surface area contributed by atoms with Gasteiger partial charge < -0.3 is 10.1 Å². The highest BCUT2D eigenvalue weighted by atomic mass is 32.2. The fraction of sp³-hybridized carbons (Fsp3) is 0.500. The highest BCUT2D eigenvalue weighted by molar-refractivity contribution is 7.91. The van der Waals surface area contributed by atoms with Crippen LogP contribution in [0.4, 0.5) is 4.39 Å². The van der Waals surface area contributed by atoms with Crippen LogP contribution in [0.5, 0.6) is 5.75 Å². The van der Waals surface area contributed by atoms with Gasteiger partial charge in [0.2, 0.25) is 0 Å². The van der Waals surface area contributed by atoms with Gasteiger partial charge in [-0.15, -0.1) is 0 Å². The van der Waals surface area contributed by atoms with E-state index in [2.05, 4.69) is 5.32 Å². The maximum atomic E-state index is 12.6. The van der Waals surface area contributed by atoms with Crippen molar-refractivity contribution in [3.63, 3.8) is 0 Å². The number of halogens is 1. The Hall–Kier alpha value is -1.14. The van der Waals surface area contributed by atoms with Crippen LogP contribution in [0.3, 0.4) is 0 Å². The van der Waals surface area contributed by atoms with Gasteiger partial charge in [0.1, 0.15) is 18.2 Å². The molecule has 2 rings (SSSR count). The number of rotatable bonds is 5. The van der Waals surface area contributed by atoms with E-state index in [9.17, 15) is 12.8 Å². The zero-order valence-electron chi connectivity index (χ0n) is 9.93. The largest absolute Gasteiger partial charge is 0.492 e. The van der Waals surface area contributed by atoms with Gasteiger partial charge in [0.25, 0.3) is 0 Å². The van der Waals surface area contributed by atoms with Gasteiger partial charge >= 0.3 is 0 Å². The smallest absolute Gasteiger partial charge is 0.151 e. The SMILES string of the molecule is O=S1(=O)CCC(NCCOc2ccc(F)cc2)C1. The van der Waals surface area contributed by atoms with Crippen LogP contribution in [-0.4, -0.2) is 39.1 Å². The van der Waals surface area contributed by atoms with Crippen molar-refractivity contribution in [1.29, 1.82) is 0 Å². The minimum atomic E-state index is -2.83. The average molecular weight is 273 g/mol. The van der Waals surface area contributed by atoms with Crippen LogP contribution >= 0.6 is 0 Å². The Morgan fingerprint density at radius 2 is 2.06 bits per heavy atom. The first-order chi connectivity index (χ1) is 8.55. The molecule has 0 spiro atoms. The molecule has 1 fully saturated rings.